The van der Waals surface area contributed by atoms with Crippen molar-refractivity contribution in [3.05, 3.63) is 59.9 Å². The minimum absolute atomic E-state index is 0.00450. The molecule has 2 heterocycles. The van der Waals surface area contributed by atoms with Crippen molar-refractivity contribution in [2.75, 3.05) is 6.61 Å². The van der Waals surface area contributed by atoms with Crippen LogP contribution in [0.3, 0.4) is 0 Å². The maximum absolute atomic E-state index is 12.9. The molecule has 0 aliphatic carbocycles. The van der Waals surface area contributed by atoms with Gasteiger partial charge in [0.2, 0.25) is 5.91 Å². The third-order valence-electron chi connectivity index (χ3n) is 4.92. The van der Waals surface area contributed by atoms with Crippen LogP contribution in [0.5, 0.6) is 5.75 Å². The molecule has 0 spiro atoms. The first kappa shape index (κ1) is 17.6. The zero-order valence-corrected chi connectivity index (χ0v) is 15.8. The van der Waals surface area contributed by atoms with Crippen LogP contribution in [-0.4, -0.2) is 22.1 Å². The Hall–Kier alpha value is -2.82. The Balaban J connectivity index is 1.57. The topological polar surface area (TPSA) is 56.2 Å². The largest absolute Gasteiger partial charge is 0.493 e. The summed E-state index contributed by atoms with van der Waals surface area (Å²) in [5, 5.41) is 3.19. The van der Waals surface area contributed by atoms with Crippen LogP contribution in [0.25, 0.3) is 11.0 Å². The Kier molecular flexibility index (Phi) is 4.84. The van der Waals surface area contributed by atoms with E-state index in [0.29, 0.717) is 12.5 Å². The first-order chi connectivity index (χ1) is 13.1. The molecule has 1 N–H and O–H groups in total. The van der Waals surface area contributed by atoms with Gasteiger partial charge in [-0.05, 0) is 24.1 Å². The number of amides is 1. The van der Waals surface area contributed by atoms with E-state index in [-0.39, 0.29) is 18.5 Å². The summed E-state index contributed by atoms with van der Waals surface area (Å²) in [6.45, 7) is 5.24. The lowest BCUT2D eigenvalue weighted by Crippen LogP contribution is -2.34. The lowest BCUT2D eigenvalue weighted by atomic mass is 10.0. The standard InChI is InChI=1S/C22H25N3O2/c1-15(2)13-21-23-18-8-4-5-9-19(18)25(21)14-22(26)24-17-11-12-27-20-10-6-3-7-16(17)20/h3-10,15,17H,11-14H2,1-2H3,(H,24,26). The van der Waals surface area contributed by atoms with E-state index in [9.17, 15) is 4.79 Å². The molecule has 0 saturated carbocycles. The number of nitrogens with zero attached hydrogens (tertiary/aromatic N) is 2. The van der Waals surface area contributed by atoms with Gasteiger partial charge < -0.3 is 14.6 Å². The molecule has 1 aliphatic heterocycles. The Bertz CT molecular complexity index is 961. The molecule has 1 unspecified atom stereocenters. The van der Waals surface area contributed by atoms with E-state index in [1.807, 2.05) is 48.5 Å². The fourth-order valence-electron chi connectivity index (χ4n) is 3.70. The van der Waals surface area contributed by atoms with Gasteiger partial charge in [-0.25, -0.2) is 4.98 Å². The van der Waals surface area contributed by atoms with Crippen LogP contribution in [0, 0.1) is 5.92 Å². The Labute approximate surface area is 159 Å². The molecule has 140 valence electrons. The molecule has 1 aliphatic rings. The number of carbonyl (C=O) groups is 1. The van der Waals surface area contributed by atoms with E-state index < -0.39 is 0 Å². The van der Waals surface area contributed by atoms with Crippen molar-refractivity contribution in [1.29, 1.82) is 0 Å². The lowest BCUT2D eigenvalue weighted by molar-refractivity contribution is -0.122. The van der Waals surface area contributed by atoms with Gasteiger partial charge in [0.1, 0.15) is 18.1 Å². The monoisotopic (exact) mass is 363 g/mol. The van der Waals surface area contributed by atoms with Gasteiger partial charge in [0.05, 0.1) is 23.7 Å². The first-order valence-corrected chi connectivity index (χ1v) is 9.57. The molecule has 1 atom stereocenters. The Morgan fingerprint density at radius 1 is 1.22 bits per heavy atom. The van der Waals surface area contributed by atoms with Gasteiger partial charge >= 0.3 is 0 Å². The smallest absolute Gasteiger partial charge is 0.240 e. The van der Waals surface area contributed by atoms with E-state index >= 15 is 0 Å². The highest BCUT2D eigenvalue weighted by atomic mass is 16.5. The molecule has 5 heteroatoms. The van der Waals surface area contributed by atoms with E-state index in [4.69, 9.17) is 9.72 Å². The van der Waals surface area contributed by atoms with E-state index in [1.54, 1.807) is 0 Å². The predicted molar refractivity (Wildman–Crippen MR) is 106 cm³/mol. The Morgan fingerprint density at radius 2 is 2.00 bits per heavy atom. The van der Waals surface area contributed by atoms with Gasteiger partial charge in [-0.3, -0.25) is 4.79 Å². The number of rotatable bonds is 5. The van der Waals surface area contributed by atoms with Gasteiger partial charge in [-0.15, -0.1) is 0 Å². The van der Waals surface area contributed by atoms with Crippen molar-refractivity contribution in [2.45, 2.75) is 39.3 Å². The van der Waals surface area contributed by atoms with E-state index in [2.05, 4.69) is 23.7 Å². The number of para-hydroxylation sites is 3. The summed E-state index contributed by atoms with van der Waals surface area (Å²) in [5.41, 5.74) is 3.00. The maximum Gasteiger partial charge on any atom is 0.240 e. The van der Waals surface area contributed by atoms with Crippen LogP contribution in [0.15, 0.2) is 48.5 Å². The molecule has 5 nitrogen and oxygen atoms in total. The molecule has 4 rings (SSSR count). The van der Waals surface area contributed by atoms with Crippen molar-refractivity contribution in [1.82, 2.24) is 14.9 Å². The van der Waals surface area contributed by atoms with Crippen molar-refractivity contribution < 1.29 is 9.53 Å². The number of ether oxygens (including phenoxy) is 1. The molecule has 0 bridgehead atoms. The molecule has 1 aromatic heterocycles. The quantitative estimate of drug-likeness (QED) is 0.748. The summed E-state index contributed by atoms with van der Waals surface area (Å²) < 4.78 is 7.75. The van der Waals surface area contributed by atoms with Gasteiger partial charge in [0, 0.05) is 18.4 Å². The second-order valence-corrected chi connectivity index (χ2v) is 7.50. The normalized spacial score (nSPS) is 16.2. The van der Waals surface area contributed by atoms with Crippen LogP contribution in [0.4, 0.5) is 0 Å². The molecule has 0 radical (unpaired) electrons. The SMILES string of the molecule is CC(C)Cc1nc2ccccc2n1CC(=O)NC1CCOc2ccccc21. The number of nitrogens with one attached hydrogen (secondary N) is 1. The van der Waals surface area contributed by atoms with Crippen LogP contribution in [0.2, 0.25) is 0 Å². The summed E-state index contributed by atoms with van der Waals surface area (Å²) in [6.07, 6.45) is 1.63. The second kappa shape index (κ2) is 7.43. The fourth-order valence-corrected chi connectivity index (χ4v) is 3.70. The van der Waals surface area contributed by atoms with Crippen molar-refractivity contribution in [2.24, 2.45) is 5.92 Å². The van der Waals surface area contributed by atoms with Crippen molar-refractivity contribution in [3.8, 4) is 5.75 Å². The van der Waals surface area contributed by atoms with Gasteiger partial charge in [-0.1, -0.05) is 44.2 Å². The summed E-state index contributed by atoms with van der Waals surface area (Å²) in [4.78, 5) is 17.6. The third kappa shape index (κ3) is 3.68. The van der Waals surface area contributed by atoms with Crippen molar-refractivity contribution >= 4 is 16.9 Å². The summed E-state index contributed by atoms with van der Waals surface area (Å²) in [7, 11) is 0. The number of fused-ring (bicyclic) bond motifs is 2. The summed E-state index contributed by atoms with van der Waals surface area (Å²) in [6, 6.07) is 15.9. The van der Waals surface area contributed by atoms with Gasteiger partial charge in [0.25, 0.3) is 0 Å². The minimum Gasteiger partial charge on any atom is -0.493 e. The molecular formula is C22H25N3O2. The molecule has 0 saturated heterocycles. The summed E-state index contributed by atoms with van der Waals surface area (Å²) in [5.74, 6) is 2.31. The number of benzene rings is 2. The average molecular weight is 363 g/mol. The van der Waals surface area contributed by atoms with Crippen LogP contribution in [0.1, 0.15) is 37.7 Å². The van der Waals surface area contributed by atoms with E-state index in [0.717, 1.165) is 41.0 Å². The van der Waals surface area contributed by atoms with Crippen LogP contribution >= 0.6 is 0 Å². The number of hydrogen-bond donors (Lipinski definition) is 1. The Morgan fingerprint density at radius 3 is 2.85 bits per heavy atom. The molecular weight excluding hydrogens is 338 g/mol. The minimum atomic E-state index is -0.00853. The fraction of sp³-hybridized carbons (Fsp3) is 0.364. The number of hydrogen-bond acceptors (Lipinski definition) is 3. The zero-order chi connectivity index (χ0) is 18.8. The van der Waals surface area contributed by atoms with Crippen molar-refractivity contribution in [3.63, 3.8) is 0 Å². The van der Waals surface area contributed by atoms with Gasteiger partial charge in [-0.2, -0.15) is 0 Å². The second-order valence-electron chi connectivity index (χ2n) is 7.50. The van der Waals surface area contributed by atoms with Crippen LogP contribution in [-0.2, 0) is 17.8 Å². The zero-order valence-electron chi connectivity index (χ0n) is 15.8. The van der Waals surface area contributed by atoms with Gasteiger partial charge in [0.15, 0.2) is 0 Å². The molecule has 2 aromatic carbocycles. The molecule has 27 heavy (non-hydrogen) atoms. The third-order valence-corrected chi connectivity index (χ3v) is 4.92. The molecule has 0 fully saturated rings. The molecule has 3 aromatic rings. The predicted octanol–water partition coefficient (Wildman–Crippen LogP) is 3.87. The first-order valence-electron chi connectivity index (χ1n) is 9.57. The van der Waals surface area contributed by atoms with Crippen LogP contribution < -0.4 is 10.1 Å². The highest BCUT2D eigenvalue weighted by molar-refractivity contribution is 5.81. The number of aromatic nitrogens is 2. The highest BCUT2D eigenvalue weighted by Crippen LogP contribution is 2.31. The maximum atomic E-state index is 12.9. The van der Waals surface area contributed by atoms with E-state index in [1.165, 1.54) is 0 Å². The number of imidazole rings is 1. The summed E-state index contributed by atoms with van der Waals surface area (Å²) >= 11 is 0. The lowest BCUT2D eigenvalue weighted by Gasteiger charge is -2.26. The highest BCUT2D eigenvalue weighted by Gasteiger charge is 2.23. The number of carbonyl (C=O) groups excluding carboxylic acids is 1. The molecule has 1 amide bonds. The average Bonchev–Trinajstić information content (AvgIpc) is 2.98.